The molecule has 1 unspecified atom stereocenters. The van der Waals surface area contributed by atoms with Crippen LogP contribution in [0.3, 0.4) is 0 Å². The molecule has 96 valence electrons. The molecule has 0 radical (unpaired) electrons. The Hall–Kier alpha value is -0.870. The fourth-order valence-corrected chi connectivity index (χ4v) is 1.89. The average molecular weight is 261 g/mol. The highest BCUT2D eigenvalue weighted by atomic mass is 35.5. The minimum Gasteiger partial charge on any atom is -0.391 e. The minimum absolute atomic E-state index is 0.124. The summed E-state index contributed by atoms with van der Waals surface area (Å²) in [5.41, 5.74) is 0. The predicted molar refractivity (Wildman–Crippen MR) is 67.8 cm³/mol. The van der Waals surface area contributed by atoms with Gasteiger partial charge in [0.1, 0.15) is 0 Å². The number of hydrogen-bond acceptors (Lipinski definition) is 3. The second kappa shape index (κ2) is 6.77. The summed E-state index contributed by atoms with van der Waals surface area (Å²) in [6, 6.07) is 1.19. The number of rotatable bonds is 6. The molecule has 2 N–H and O–H groups in total. The quantitative estimate of drug-likeness (QED) is 0.826. The molecule has 0 fully saturated rings. The van der Waals surface area contributed by atoms with Crippen LogP contribution >= 0.6 is 11.6 Å². The largest absolute Gasteiger partial charge is 0.391 e. The van der Waals surface area contributed by atoms with Gasteiger partial charge in [-0.05, 0) is 12.0 Å². The monoisotopic (exact) mass is 260 g/mol. The lowest BCUT2D eigenvalue weighted by Crippen LogP contribution is -2.28. The highest BCUT2D eigenvalue weighted by molar-refractivity contribution is 6.30. The molecule has 0 saturated heterocycles. The van der Waals surface area contributed by atoms with Gasteiger partial charge in [0.25, 0.3) is 0 Å². The third kappa shape index (κ3) is 4.13. The Morgan fingerprint density at radius 1 is 1.47 bits per heavy atom. The normalized spacial score (nSPS) is 12.8. The second-order valence-corrected chi connectivity index (χ2v) is 4.45. The van der Waals surface area contributed by atoms with Gasteiger partial charge in [0.15, 0.2) is 11.6 Å². The van der Waals surface area contributed by atoms with Crippen LogP contribution in [0.4, 0.5) is 10.2 Å². The molecule has 0 aliphatic rings. The lowest BCUT2D eigenvalue weighted by Gasteiger charge is -2.20. The van der Waals surface area contributed by atoms with Crippen LogP contribution in [0.1, 0.15) is 26.7 Å². The molecule has 0 aliphatic heterocycles. The van der Waals surface area contributed by atoms with Crippen LogP contribution in [0.5, 0.6) is 0 Å². The van der Waals surface area contributed by atoms with Gasteiger partial charge >= 0.3 is 0 Å². The van der Waals surface area contributed by atoms with Crippen molar-refractivity contribution in [1.82, 2.24) is 4.98 Å². The molecule has 0 spiro atoms. The van der Waals surface area contributed by atoms with Crippen molar-refractivity contribution in [1.29, 1.82) is 0 Å². The Balaban J connectivity index is 2.55. The van der Waals surface area contributed by atoms with E-state index in [0.29, 0.717) is 0 Å². The van der Waals surface area contributed by atoms with Crippen LogP contribution in [-0.2, 0) is 0 Å². The Bertz CT molecular complexity index is 358. The molecule has 1 aromatic rings. The van der Waals surface area contributed by atoms with Crippen molar-refractivity contribution in [2.24, 2.45) is 5.92 Å². The molecule has 0 amide bonds. The Kier molecular flexibility index (Phi) is 5.65. The van der Waals surface area contributed by atoms with E-state index in [2.05, 4.69) is 10.3 Å². The molecule has 0 aliphatic carbocycles. The maximum atomic E-state index is 13.4. The van der Waals surface area contributed by atoms with Gasteiger partial charge in [-0.2, -0.15) is 0 Å². The highest BCUT2D eigenvalue weighted by Crippen LogP contribution is 2.17. The highest BCUT2D eigenvalue weighted by Gasteiger charge is 2.16. The number of aliphatic hydroxyl groups is 1. The van der Waals surface area contributed by atoms with Crippen LogP contribution < -0.4 is 5.32 Å². The van der Waals surface area contributed by atoms with E-state index in [1.807, 2.05) is 13.8 Å². The standard InChI is InChI=1S/C12H18ClFN2O/c1-3-8(4-2)11(17)7-16-12-10(14)5-9(13)6-15-12/h5-6,8,11,17H,3-4,7H2,1-2H3,(H,15,16). The summed E-state index contributed by atoms with van der Waals surface area (Å²) in [5, 5.41) is 12.9. The average Bonchev–Trinajstić information content (AvgIpc) is 2.29. The van der Waals surface area contributed by atoms with E-state index < -0.39 is 11.9 Å². The van der Waals surface area contributed by atoms with Crippen LogP contribution in [0.25, 0.3) is 0 Å². The van der Waals surface area contributed by atoms with E-state index in [1.54, 1.807) is 0 Å². The number of nitrogens with one attached hydrogen (secondary N) is 1. The van der Waals surface area contributed by atoms with Gasteiger partial charge < -0.3 is 10.4 Å². The van der Waals surface area contributed by atoms with Gasteiger partial charge in [-0.15, -0.1) is 0 Å². The molecule has 0 saturated carbocycles. The first-order valence-corrected chi connectivity index (χ1v) is 6.19. The summed E-state index contributed by atoms with van der Waals surface area (Å²) in [6.07, 6.45) is 2.67. The van der Waals surface area contributed by atoms with Gasteiger partial charge in [-0.25, -0.2) is 9.37 Å². The molecule has 17 heavy (non-hydrogen) atoms. The number of anilines is 1. The van der Waals surface area contributed by atoms with Crippen molar-refractivity contribution >= 4 is 17.4 Å². The lowest BCUT2D eigenvalue weighted by atomic mass is 9.96. The summed E-state index contributed by atoms with van der Waals surface area (Å²) in [5.74, 6) is -0.161. The van der Waals surface area contributed by atoms with Crippen LogP contribution in [0.15, 0.2) is 12.3 Å². The SMILES string of the molecule is CCC(CC)C(O)CNc1ncc(Cl)cc1F. The summed E-state index contributed by atoms with van der Waals surface area (Å²) in [6.45, 7) is 4.34. The molecule has 1 aromatic heterocycles. The van der Waals surface area contributed by atoms with Crippen LogP contribution in [0, 0.1) is 11.7 Å². The van der Waals surface area contributed by atoms with E-state index >= 15 is 0 Å². The molecule has 3 nitrogen and oxygen atoms in total. The molecule has 1 heterocycles. The molecule has 1 atom stereocenters. The Morgan fingerprint density at radius 3 is 2.65 bits per heavy atom. The van der Waals surface area contributed by atoms with Crippen molar-refractivity contribution in [2.75, 3.05) is 11.9 Å². The fraction of sp³-hybridized carbons (Fsp3) is 0.583. The Labute approximate surface area is 106 Å². The number of hydrogen-bond donors (Lipinski definition) is 2. The first kappa shape index (κ1) is 14.2. The number of aromatic nitrogens is 1. The van der Waals surface area contributed by atoms with E-state index in [9.17, 15) is 9.50 Å². The van der Waals surface area contributed by atoms with E-state index in [0.717, 1.165) is 12.8 Å². The lowest BCUT2D eigenvalue weighted by molar-refractivity contribution is 0.114. The van der Waals surface area contributed by atoms with Crippen LogP contribution in [-0.4, -0.2) is 22.7 Å². The smallest absolute Gasteiger partial charge is 0.166 e. The Morgan fingerprint density at radius 2 is 2.12 bits per heavy atom. The summed E-state index contributed by atoms with van der Waals surface area (Å²) < 4.78 is 13.4. The first-order valence-electron chi connectivity index (χ1n) is 5.81. The van der Waals surface area contributed by atoms with Crippen molar-refractivity contribution in [3.05, 3.63) is 23.1 Å². The van der Waals surface area contributed by atoms with E-state index in [1.165, 1.54) is 12.3 Å². The molecule has 0 bridgehead atoms. The zero-order valence-corrected chi connectivity index (χ0v) is 10.8. The molecular formula is C12H18ClFN2O. The van der Waals surface area contributed by atoms with Crippen LogP contribution in [0.2, 0.25) is 5.02 Å². The van der Waals surface area contributed by atoms with Gasteiger partial charge in [0.05, 0.1) is 11.1 Å². The third-order valence-corrected chi connectivity index (χ3v) is 3.09. The van der Waals surface area contributed by atoms with E-state index in [-0.39, 0.29) is 23.3 Å². The number of aliphatic hydroxyl groups excluding tert-OH is 1. The second-order valence-electron chi connectivity index (χ2n) is 4.01. The van der Waals surface area contributed by atoms with E-state index in [4.69, 9.17) is 11.6 Å². The minimum atomic E-state index is -0.505. The topological polar surface area (TPSA) is 45.1 Å². The first-order chi connectivity index (χ1) is 8.08. The van der Waals surface area contributed by atoms with Crippen molar-refractivity contribution in [3.63, 3.8) is 0 Å². The molecular weight excluding hydrogens is 243 g/mol. The molecule has 1 rings (SSSR count). The van der Waals surface area contributed by atoms with Gasteiger partial charge in [-0.1, -0.05) is 38.3 Å². The van der Waals surface area contributed by atoms with Crippen molar-refractivity contribution in [2.45, 2.75) is 32.8 Å². The predicted octanol–water partition coefficient (Wildman–Crippen LogP) is 3.08. The van der Waals surface area contributed by atoms with Gasteiger partial charge in [-0.3, -0.25) is 0 Å². The summed E-state index contributed by atoms with van der Waals surface area (Å²) in [4.78, 5) is 3.83. The molecule has 5 heteroatoms. The fourth-order valence-electron chi connectivity index (χ4n) is 1.75. The summed E-state index contributed by atoms with van der Waals surface area (Å²) >= 11 is 5.60. The van der Waals surface area contributed by atoms with Crippen molar-refractivity contribution < 1.29 is 9.50 Å². The number of pyridine rings is 1. The number of halogens is 2. The summed E-state index contributed by atoms with van der Waals surface area (Å²) in [7, 11) is 0. The number of nitrogens with zero attached hydrogens (tertiary/aromatic N) is 1. The molecule has 0 aromatic carbocycles. The van der Waals surface area contributed by atoms with Gasteiger partial charge in [0, 0.05) is 12.7 Å². The maximum Gasteiger partial charge on any atom is 0.166 e. The maximum absolute atomic E-state index is 13.4. The van der Waals surface area contributed by atoms with Crippen molar-refractivity contribution in [3.8, 4) is 0 Å². The zero-order valence-electron chi connectivity index (χ0n) is 10.1. The third-order valence-electron chi connectivity index (χ3n) is 2.88. The zero-order chi connectivity index (χ0) is 12.8. The van der Waals surface area contributed by atoms with Gasteiger partial charge in [0.2, 0.25) is 0 Å².